The SMILES string of the molecule is CC(O)C(=O)[O-].CCCCCCCCCCCCCCCCCC(=O)[O-].[Na+]. The molecule has 0 amide bonds. The van der Waals surface area contributed by atoms with E-state index in [1.165, 1.54) is 83.5 Å². The van der Waals surface area contributed by atoms with E-state index in [2.05, 4.69) is 6.92 Å². The fourth-order valence-electron chi connectivity index (χ4n) is 2.64. The largest absolute Gasteiger partial charge is 1.00 e. The van der Waals surface area contributed by atoms with E-state index in [9.17, 15) is 19.8 Å². The first kappa shape index (κ1) is 31.6. The average molecular weight is 396 g/mol. The zero-order chi connectivity index (χ0) is 20.0. The van der Waals surface area contributed by atoms with Crippen LogP contribution in [0.3, 0.4) is 0 Å². The van der Waals surface area contributed by atoms with Crippen molar-refractivity contribution in [3.05, 3.63) is 0 Å². The van der Waals surface area contributed by atoms with Gasteiger partial charge in [-0.25, -0.2) is 0 Å². The maximum Gasteiger partial charge on any atom is 1.00 e. The molecule has 0 radical (unpaired) electrons. The first-order valence-electron chi connectivity index (χ1n) is 10.5. The molecule has 0 aromatic rings. The third-order valence-electron chi connectivity index (χ3n) is 4.33. The van der Waals surface area contributed by atoms with Crippen molar-refractivity contribution >= 4 is 11.9 Å². The van der Waals surface area contributed by atoms with Gasteiger partial charge in [-0.3, -0.25) is 0 Å². The Morgan fingerprint density at radius 1 is 0.704 bits per heavy atom. The Bertz CT molecular complexity index is 322. The Hall–Kier alpha value is -0.100. The topological polar surface area (TPSA) is 100 Å². The van der Waals surface area contributed by atoms with Gasteiger partial charge in [0.25, 0.3) is 0 Å². The van der Waals surface area contributed by atoms with Gasteiger partial charge in [-0.2, -0.15) is 0 Å². The Labute approximate surface area is 188 Å². The van der Waals surface area contributed by atoms with Crippen molar-refractivity contribution in [1.82, 2.24) is 0 Å². The number of rotatable bonds is 17. The molecule has 0 saturated carbocycles. The summed E-state index contributed by atoms with van der Waals surface area (Å²) in [5.74, 6) is -2.34. The van der Waals surface area contributed by atoms with Crippen LogP contribution >= 0.6 is 0 Å². The van der Waals surface area contributed by atoms with E-state index in [0.29, 0.717) is 0 Å². The van der Waals surface area contributed by atoms with Gasteiger partial charge in [0.2, 0.25) is 0 Å². The predicted octanol–water partition coefficient (Wildman–Crippen LogP) is 0.119. The van der Waals surface area contributed by atoms with Crippen LogP contribution in [0.4, 0.5) is 0 Å². The summed E-state index contributed by atoms with van der Waals surface area (Å²) in [5, 5.41) is 27.5. The fourth-order valence-corrected chi connectivity index (χ4v) is 2.64. The van der Waals surface area contributed by atoms with Crippen LogP contribution in [-0.2, 0) is 9.59 Å². The molecule has 5 nitrogen and oxygen atoms in total. The number of hydrogen-bond acceptors (Lipinski definition) is 5. The smallest absolute Gasteiger partial charge is 0.550 e. The molecule has 0 aliphatic heterocycles. The molecule has 156 valence electrons. The zero-order valence-corrected chi connectivity index (χ0v) is 20.0. The number of carbonyl (C=O) groups excluding carboxylic acids is 2. The van der Waals surface area contributed by atoms with Crippen LogP contribution in [0.1, 0.15) is 117 Å². The Kier molecular flexibility index (Phi) is 30.3. The Balaban J connectivity index is -0.000000709. The van der Waals surface area contributed by atoms with Gasteiger partial charge in [0.15, 0.2) is 0 Å². The first-order valence-corrected chi connectivity index (χ1v) is 10.5. The normalized spacial score (nSPS) is 11.1. The maximum absolute atomic E-state index is 10.2. The third kappa shape index (κ3) is 33.9. The van der Waals surface area contributed by atoms with Gasteiger partial charge in [0.05, 0.1) is 12.1 Å². The summed E-state index contributed by atoms with van der Waals surface area (Å²) in [6.07, 6.45) is 18.5. The van der Waals surface area contributed by atoms with Gasteiger partial charge in [-0.05, 0) is 19.8 Å². The van der Waals surface area contributed by atoms with Crippen molar-refractivity contribution in [2.75, 3.05) is 0 Å². The molecular weight excluding hydrogens is 355 g/mol. The second kappa shape index (κ2) is 25.9. The second-order valence-electron chi connectivity index (χ2n) is 7.07. The van der Waals surface area contributed by atoms with Crippen LogP contribution in [0.25, 0.3) is 0 Å². The molecule has 0 aliphatic carbocycles. The maximum atomic E-state index is 10.2. The van der Waals surface area contributed by atoms with Crippen LogP contribution in [0.15, 0.2) is 0 Å². The minimum atomic E-state index is -1.44. The van der Waals surface area contributed by atoms with Crippen LogP contribution < -0.4 is 39.8 Å². The van der Waals surface area contributed by atoms with Gasteiger partial charge in [-0.1, -0.05) is 96.8 Å². The molecule has 0 spiro atoms. The summed E-state index contributed by atoms with van der Waals surface area (Å²) >= 11 is 0. The monoisotopic (exact) mass is 395 g/mol. The quantitative estimate of drug-likeness (QED) is 0.278. The Morgan fingerprint density at radius 2 is 0.963 bits per heavy atom. The number of unbranched alkanes of at least 4 members (excludes halogenated alkanes) is 14. The number of carboxylic acids is 2. The molecule has 0 fully saturated rings. The van der Waals surface area contributed by atoms with Crippen molar-refractivity contribution in [3.63, 3.8) is 0 Å². The van der Waals surface area contributed by atoms with Gasteiger partial charge < -0.3 is 24.9 Å². The number of hydrogen-bond donors (Lipinski definition) is 1. The molecule has 0 saturated heterocycles. The van der Waals surface area contributed by atoms with Crippen LogP contribution in [-0.4, -0.2) is 23.1 Å². The molecular formula is C21H40NaO5-. The standard InChI is InChI=1S/C18H36O2.C3H6O3.Na/c1-2-3-4-5-6-7-8-9-10-11-12-13-14-15-16-17-18(19)20;1-2(4)3(5)6;/h2-17H2,1H3,(H,19,20);2,4H,1H3,(H,5,6);/q;;+1/p-2. The molecule has 0 aromatic carbocycles. The van der Waals surface area contributed by atoms with Gasteiger partial charge in [0, 0.05) is 5.97 Å². The van der Waals surface area contributed by atoms with Crippen molar-refractivity contribution < 1.29 is 54.5 Å². The molecule has 1 unspecified atom stereocenters. The molecule has 1 N–H and O–H groups in total. The predicted molar refractivity (Wildman–Crippen MR) is 101 cm³/mol. The van der Waals surface area contributed by atoms with Gasteiger partial charge in [-0.15, -0.1) is 0 Å². The van der Waals surface area contributed by atoms with E-state index in [1.807, 2.05) is 0 Å². The molecule has 6 heteroatoms. The Morgan fingerprint density at radius 3 is 1.19 bits per heavy atom. The number of aliphatic carboxylic acids is 2. The molecule has 0 aromatic heterocycles. The summed E-state index contributed by atoms with van der Waals surface area (Å²) in [4.78, 5) is 19.6. The average Bonchev–Trinajstić information content (AvgIpc) is 2.58. The minimum Gasteiger partial charge on any atom is -0.550 e. The first-order chi connectivity index (χ1) is 12.4. The van der Waals surface area contributed by atoms with Crippen molar-refractivity contribution in [2.24, 2.45) is 0 Å². The van der Waals surface area contributed by atoms with E-state index >= 15 is 0 Å². The number of carboxylic acid groups (broad SMARTS) is 2. The van der Waals surface area contributed by atoms with Crippen molar-refractivity contribution in [2.45, 2.75) is 123 Å². The second-order valence-corrected chi connectivity index (χ2v) is 7.07. The summed E-state index contributed by atoms with van der Waals surface area (Å²) in [6, 6.07) is 0. The number of carbonyl (C=O) groups is 2. The molecule has 0 aliphatic rings. The zero-order valence-electron chi connectivity index (χ0n) is 18.0. The summed E-state index contributed by atoms with van der Waals surface area (Å²) < 4.78 is 0. The van der Waals surface area contributed by atoms with Crippen LogP contribution in [0, 0.1) is 0 Å². The van der Waals surface area contributed by atoms with Crippen LogP contribution in [0.2, 0.25) is 0 Å². The molecule has 0 heterocycles. The minimum absolute atomic E-state index is 0. The molecule has 0 bridgehead atoms. The van der Waals surface area contributed by atoms with E-state index < -0.39 is 18.0 Å². The van der Waals surface area contributed by atoms with E-state index in [-0.39, 0.29) is 36.0 Å². The third-order valence-corrected chi connectivity index (χ3v) is 4.33. The van der Waals surface area contributed by atoms with E-state index in [0.717, 1.165) is 19.8 Å². The summed E-state index contributed by atoms with van der Waals surface area (Å²) in [5.41, 5.74) is 0. The number of aliphatic hydroxyl groups excluding tert-OH is 1. The number of aliphatic hydroxyl groups is 1. The van der Waals surface area contributed by atoms with Gasteiger partial charge in [0.1, 0.15) is 0 Å². The molecule has 27 heavy (non-hydrogen) atoms. The van der Waals surface area contributed by atoms with E-state index in [4.69, 9.17) is 5.11 Å². The summed E-state index contributed by atoms with van der Waals surface area (Å²) in [7, 11) is 0. The van der Waals surface area contributed by atoms with Crippen molar-refractivity contribution in [3.8, 4) is 0 Å². The fraction of sp³-hybridized carbons (Fsp3) is 0.905. The van der Waals surface area contributed by atoms with E-state index in [1.54, 1.807) is 0 Å². The molecule has 1 atom stereocenters. The van der Waals surface area contributed by atoms with Crippen LogP contribution in [0.5, 0.6) is 0 Å². The molecule has 0 rings (SSSR count). The summed E-state index contributed by atoms with van der Waals surface area (Å²) in [6.45, 7) is 3.40. The van der Waals surface area contributed by atoms with Gasteiger partial charge >= 0.3 is 29.6 Å². The van der Waals surface area contributed by atoms with Crippen molar-refractivity contribution in [1.29, 1.82) is 0 Å².